The Labute approximate surface area is 91.3 Å². The van der Waals surface area contributed by atoms with Crippen LogP contribution in [0.4, 0.5) is 0 Å². The maximum Gasteiger partial charge on any atom is 0.186 e. The Morgan fingerprint density at radius 2 is 2.43 bits per heavy atom. The van der Waals surface area contributed by atoms with E-state index in [1.807, 2.05) is 6.92 Å². The summed E-state index contributed by atoms with van der Waals surface area (Å²) in [4.78, 5) is 0. The quantitative estimate of drug-likeness (QED) is 0.544. The van der Waals surface area contributed by atoms with Crippen molar-refractivity contribution in [2.45, 2.75) is 39.5 Å². The zero-order valence-corrected chi connectivity index (χ0v) is 9.78. The maximum atomic E-state index is 5.02. The average molecular weight is 213 g/mol. The Morgan fingerprint density at radius 1 is 1.64 bits per heavy atom. The molecule has 0 aromatic carbocycles. The molecule has 80 valence electrons. The van der Waals surface area contributed by atoms with Crippen molar-refractivity contribution in [3.05, 3.63) is 0 Å². The summed E-state index contributed by atoms with van der Waals surface area (Å²) >= 11 is 5.02. The molecule has 0 heterocycles. The predicted molar refractivity (Wildman–Crippen MR) is 64.5 cm³/mol. The van der Waals surface area contributed by atoms with Crippen LogP contribution in [0.15, 0.2) is 5.10 Å². The highest BCUT2D eigenvalue weighted by Crippen LogP contribution is 2.20. The van der Waals surface area contributed by atoms with Gasteiger partial charge in [0, 0.05) is 12.3 Å². The summed E-state index contributed by atoms with van der Waals surface area (Å²) in [7, 11) is 0. The Bertz CT molecular complexity index is 225. The molecule has 1 aliphatic carbocycles. The molecule has 0 unspecified atom stereocenters. The molecule has 0 saturated heterocycles. The van der Waals surface area contributed by atoms with Crippen LogP contribution in [0.25, 0.3) is 0 Å². The van der Waals surface area contributed by atoms with E-state index in [1.54, 1.807) is 0 Å². The van der Waals surface area contributed by atoms with E-state index in [0.29, 0.717) is 5.11 Å². The van der Waals surface area contributed by atoms with E-state index in [9.17, 15) is 0 Å². The van der Waals surface area contributed by atoms with E-state index < -0.39 is 0 Å². The van der Waals surface area contributed by atoms with Crippen molar-refractivity contribution in [1.82, 2.24) is 10.7 Å². The minimum absolute atomic E-state index is 0.623. The minimum atomic E-state index is 0.623. The first-order valence-electron chi connectivity index (χ1n) is 5.31. The lowest BCUT2D eigenvalue weighted by Crippen LogP contribution is -2.32. The van der Waals surface area contributed by atoms with Crippen molar-refractivity contribution in [3.63, 3.8) is 0 Å². The van der Waals surface area contributed by atoms with Crippen LogP contribution < -0.4 is 10.7 Å². The number of hydrazone groups is 1. The number of hydrogen-bond donors (Lipinski definition) is 2. The maximum absolute atomic E-state index is 5.02. The second-order valence-corrected chi connectivity index (χ2v) is 4.26. The largest absolute Gasteiger partial charge is 0.362 e. The minimum Gasteiger partial charge on any atom is -0.362 e. The van der Waals surface area contributed by atoms with Crippen molar-refractivity contribution in [2.24, 2.45) is 11.0 Å². The van der Waals surface area contributed by atoms with E-state index in [0.717, 1.165) is 25.3 Å². The summed E-state index contributed by atoms with van der Waals surface area (Å²) in [5.41, 5.74) is 4.14. The molecule has 0 aliphatic heterocycles. The van der Waals surface area contributed by atoms with Crippen molar-refractivity contribution in [1.29, 1.82) is 0 Å². The number of nitrogens with zero attached hydrogens (tertiary/aromatic N) is 1. The lowest BCUT2D eigenvalue weighted by Gasteiger charge is -2.19. The standard InChI is InChI=1S/C10H19N3S/c1-3-11-10(14)13-12-9-6-4-5-8(2)7-9/h8H,3-7H2,1-2H3,(H2,11,13,14)/b12-9-/t8-/m1/s1. The molecule has 0 aromatic heterocycles. The SMILES string of the molecule is CCNC(=S)N/N=C1/CCC[C@@H](C)C1. The highest BCUT2D eigenvalue weighted by Gasteiger charge is 2.13. The van der Waals surface area contributed by atoms with Gasteiger partial charge in [-0.05, 0) is 50.7 Å². The molecular weight excluding hydrogens is 194 g/mol. The van der Waals surface area contributed by atoms with Gasteiger partial charge in [0.15, 0.2) is 5.11 Å². The van der Waals surface area contributed by atoms with Crippen LogP contribution in [0.1, 0.15) is 39.5 Å². The topological polar surface area (TPSA) is 36.4 Å². The molecule has 0 amide bonds. The first-order chi connectivity index (χ1) is 6.72. The molecule has 1 saturated carbocycles. The van der Waals surface area contributed by atoms with Gasteiger partial charge in [0.05, 0.1) is 0 Å². The van der Waals surface area contributed by atoms with E-state index in [-0.39, 0.29) is 0 Å². The van der Waals surface area contributed by atoms with Crippen LogP contribution in [-0.4, -0.2) is 17.4 Å². The Morgan fingerprint density at radius 3 is 3.07 bits per heavy atom. The van der Waals surface area contributed by atoms with Crippen LogP contribution in [-0.2, 0) is 0 Å². The van der Waals surface area contributed by atoms with Crippen LogP contribution in [0.5, 0.6) is 0 Å². The van der Waals surface area contributed by atoms with Gasteiger partial charge in [-0.2, -0.15) is 5.10 Å². The van der Waals surface area contributed by atoms with Crippen molar-refractivity contribution in [3.8, 4) is 0 Å². The Hall–Kier alpha value is -0.640. The first kappa shape index (κ1) is 11.4. The van der Waals surface area contributed by atoms with E-state index in [4.69, 9.17) is 12.2 Å². The molecule has 4 heteroatoms. The average Bonchev–Trinajstić information content (AvgIpc) is 2.15. The zero-order valence-electron chi connectivity index (χ0n) is 8.97. The highest BCUT2D eigenvalue weighted by atomic mass is 32.1. The van der Waals surface area contributed by atoms with Crippen molar-refractivity contribution >= 4 is 23.0 Å². The first-order valence-corrected chi connectivity index (χ1v) is 5.72. The van der Waals surface area contributed by atoms with Gasteiger partial charge >= 0.3 is 0 Å². The number of rotatable bonds is 2. The van der Waals surface area contributed by atoms with E-state index in [2.05, 4.69) is 22.8 Å². The van der Waals surface area contributed by atoms with Crippen LogP contribution >= 0.6 is 12.2 Å². The summed E-state index contributed by atoms with van der Waals surface area (Å²) in [6, 6.07) is 0. The molecule has 1 fully saturated rings. The van der Waals surface area contributed by atoms with Gasteiger partial charge in [0.1, 0.15) is 0 Å². The fourth-order valence-electron chi connectivity index (χ4n) is 1.69. The summed E-state index contributed by atoms with van der Waals surface area (Å²) in [6.45, 7) is 5.13. The summed E-state index contributed by atoms with van der Waals surface area (Å²) in [6.07, 6.45) is 4.82. The molecule has 0 spiro atoms. The van der Waals surface area contributed by atoms with E-state index >= 15 is 0 Å². The third kappa shape index (κ3) is 4.05. The lowest BCUT2D eigenvalue weighted by molar-refractivity contribution is 0.498. The molecule has 0 bridgehead atoms. The summed E-state index contributed by atoms with van der Waals surface area (Å²) < 4.78 is 0. The van der Waals surface area contributed by atoms with Gasteiger partial charge < -0.3 is 5.32 Å². The second-order valence-electron chi connectivity index (χ2n) is 3.85. The van der Waals surface area contributed by atoms with Gasteiger partial charge in [0.25, 0.3) is 0 Å². The Balaban J connectivity index is 2.32. The van der Waals surface area contributed by atoms with Gasteiger partial charge in [0.2, 0.25) is 0 Å². The van der Waals surface area contributed by atoms with E-state index in [1.165, 1.54) is 18.6 Å². The molecule has 1 rings (SSSR count). The molecule has 14 heavy (non-hydrogen) atoms. The van der Waals surface area contributed by atoms with Crippen molar-refractivity contribution in [2.75, 3.05) is 6.54 Å². The van der Waals surface area contributed by atoms with Gasteiger partial charge in [-0.3, -0.25) is 5.43 Å². The highest BCUT2D eigenvalue weighted by molar-refractivity contribution is 7.80. The fraction of sp³-hybridized carbons (Fsp3) is 0.800. The molecular formula is C10H19N3S. The summed E-state index contributed by atoms with van der Waals surface area (Å²) in [5, 5.41) is 7.95. The molecule has 2 N–H and O–H groups in total. The third-order valence-electron chi connectivity index (χ3n) is 2.40. The molecule has 3 nitrogen and oxygen atoms in total. The predicted octanol–water partition coefficient (Wildman–Crippen LogP) is 2.04. The second kappa shape index (κ2) is 5.96. The van der Waals surface area contributed by atoms with Crippen LogP contribution in [0.2, 0.25) is 0 Å². The molecule has 0 radical (unpaired) electrons. The molecule has 0 aromatic rings. The van der Waals surface area contributed by atoms with Gasteiger partial charge in [-0.25, -0.2) is 0 Å². The normalized spacial score (nSPS) is 24.7. The van der Waals surface area contributed by atoms with Crippen LogP contribution in [0.3, 0.4) is 0 Å². The van der Waals surface area contributed by atoms with Crippen molar-refractivity contribution < 1.29 is 0 Å². The van der Waals surface area contributed by atoms with Gasteiger partial charge in [-0.15, -0.1) is 0 Å². The Kier molecular flexibility index (Phi) is 4.87. The monoisotopic (exact) mass is 213 g/mol. The number of hydrogen-bond acceptors (Lipinski definition) is 2. The third-order valence-corrected chi connectivity index (χ3v) is 2.63. The van der Waals surface area contributed by atoms with Crippen LogP contribution in [0, 0.1) is 5.92 Å². The fourth-order valence-corrected chi connectivity index (χ4v) is 1.88. The number of nitrogens with one attached hydrogen (secondary N) is 2. The zero-order chi connectivity index (χ0) is 10.4. The summed E-state index contributed by atoms with van der Waals surface area (Å²) in [5.74, 6) is 0.775. The molecule has 1 aliphatic rings. The smallest absolute Gasteiger partial charge is 0.186 e. The molecule has 1 atom stereocenters. The van der Waals surface area contributed by atoms with Gasteiger partial charge in [-0.1, -0.05) is 6.92 Å². The number of thiocarbonyl (C=S) groups is 1. The lowest BCUT2D eigenvalue weighted by atomic mass is 9.89.